The van der Waals surface area contributed by atoms with E-state index in [1.165, 1.54) is 6.92 Å². The highest BCUT2D eigenvalue weighted by Gasteiger charge is 2.43. The molecule has 1 saturated heterocycles. The molecule has 1 aliphatic heterocycles. The number of carbonyl (C=O) groups is 3. The van der Waals surface area contributed by atoms with E-state index in [4.69, 9.17) is 0 Å². The average molecular weight is 244 g/mol. The summed E-state index contributed by atoms with van der Waals surface area (Å²) in [6, 6.07) is -1.84. The van der Waals surface area contributed by atoms with Crippen molar-refractivity contribution in [3.63, 3.8) is 0 Å². The van der Waals surface area contributed by atoms with Gasteiger partial charge in [-0.2, -0.15) is 12.6 Å². The van der Waals surface area contributed by atoms with Gasteiger partial charge in [-0.1, -0.05) is 6.92 Å². The van der Waals surface area contributed by atoms with Crippen molar-refractivity contribution in [3.8, 4) is 0 Å². The van der Waals surface area contributed by atoms with Gasteiger partial charge in [-0.15, -0.1) is 0 Å². The molecule has 90 valence electrons. The van der Waals surface area contributed by atoms with Gasteiger partial charge in [0.05, 0.1) is 0 Å². The number of rotatable bonds is 4. The van der Waals surface area contributed by atoms with Crippen LogP contribution in [0.2, 0.25) is 0 Å². The van der Waals surface area contributed by atoms with Crippen molar-refractivity contribution in [1.29, 1.82) is 0 Å². The van der Waals surface area contributed by atoms with Gasteiger partial charge >= 0.3 is 6.03 Å². The lowest BCUT2D eigenvalue weighted by atomic mass is 10.1. The molecule has 0 spiro atoms. The quantitative estimate of drug-likeness (QED) is 0.562. The Hall–Kier alpha value is -1.04. The summed E-state index contributed by atoms with van der Waals surface area (Å²) in [5, 5.41) is 2.16. The zero-order valence-corrected chi connectivity index (χ0v) is 10.5. The molecular formula is C10H16N2O3S. The van der Waals surface area contributed by atoms with Gasteiger partial charge in [0.1, 0.15) is 12.1 Å². The first-order valence-corrected chi connectivity index (χ1v) is 5.73. The molecule has 1 heterocycles. The van der Waals surface area contributed by atoms with Crippen molar-refractivity contribution in [2.24, 2.45) is 0 Å². The summed E-state index contributed by atoms with van der Waals surface area (Å²) < 4.78 is 0. The van der Waals surface area contributed by atoms with E-state index in [0.717, 1.165) is 4.90 Å². The summed E-state index contributed by atoms with van der Waals surface area (Å²) in [5.74, 6) is -0.586. The fourth-order valence-corrected chi connectivity index (χ4v) is 2.08. The predicted octanol–water partition coefficient (Wildman–Crippen LogP) is 0.593. The van der Waals surface area contributed by atoms with Crippen LogP contribution in [0.4, 0.5) is 4.79 Å². The number of hydrogen-bond acceptors (Lipinski definition) is 4. The lowest BCUT2D eigenvalue weighted by Crippen LogP contribution is -2.49. The maximum absolute atomic E-state index is 11.7. The predicted molar refractivity (Wildman–Crippen MR) is 62.4 cm³/mol. The van der Waals surface area contributed by atoms with Crippen LogP contribution in [0.3, 0.4) is 0 Å². The summed E-state index contributed by atoms with van der Waals surface area (Å²) in [4.78, 5) is 35.8. The third kappa shape index (κ3) is 2.21. The van der Waals surface area contributed by atoms with Crippen molar-refractivity contribution < 1.29 is 14.4 Å². The van der Waals surface area contributed by atoms with Crippen LogP contribution in [0, 0.1) is 0 Å². The van der Waals surface area contributed by atoms with Crippen LogP contribution in [-0.4, -0.2) is 40.0 Å². The number of nitrogens with zero attached hydrogens (tertiary/aromatic N) is 1. The molecule has 6 heteroatoms. The molecule has 1 rings (SSSR count). The number of urea groups is 1. The molecule has 0 aromatic rings. The second kappa shape index (κ2) is 4.86. The number of thiol groups is 1. The van der Waals surface area contributed by atoms with Crippen LogP contribution >= 0.6 is 12.6 Å². The summed E-state index contributed by atoms with van der Waals surface area (Å²) in [7, 11) is 0. The summed E-state index contributed by atoms with van der Waals surface area (Å²) in [6.45, 7) is 4.82. The molecule has 0 saturated carbocycles. The second-order valence-corrected chi connectivity index (χ2v) is 4.57. The third-order valence-electron chi connectivity index (χ3n) is 2.64. The van der Waals surface area contributed by atoms with Gasteiger partial charge in [0.25, 0.3) is 5.91 Å². The maximum Gasteiger partial charge on any atom is 0.325 e. The minimum absolute atomic E-state index is 0.223. The average Bonchev–Trinajstić information content (AvgIpc) is 2.44. The summed E-state index contributed by atoms with van der Waals surface area (Å²) in [5.41, 5.74) is 0. The van der Waals surface area contributed by atoms with E-state index < -0.39 is 18.1 Å². The molecule has 3 atom stereocenters. The smallest absolute Gasteiger partial charge is 0.325 e. The molecule has 5 nitrogen and oxygen atoms in total. The molecule has 3 amide bonds. The van der Waals surface area contributed by atoms with E-state index in [2.05, 4.69) is 17.9 Å². The van der Waals surface area contributed by atoms with Crippen LogP contribution in [0.5, 0.6) is 0 Å². The Morgan fingerprint density at radius 1 is 1.56 bits per heavy atom. The van der Waals surface area contributed by atoms with Crippen molar-refractivity contribution in [2.45, 2.75) is 44.5 Å². The Bertz CT molecular complexity index is 332. The molecule has 0 bridgehead atoms. The van der Waals surface area contributed by atoms with Crippen LogP contribution in [0.1, 0.15) is 27.2 Å². The Balaban J connectivity index is 2.99. The number of ketones is 1. The van der Waals surface area contributed by atoms with E-state index in [1.54, 1.807) is 6.92 Å². The first-order chi connectivity index (χ1) is 7.40. The highest BCUT2D eigenvalue weighted by Crippen LogP contribution is 2.19. The normalized spacial score (nSPS) is 24.2. The fraction of sp³-hybridized carbons (Fsp3) is 0.700. The standard InChI is InChI=1S/C10H16N2O3S/c1-4-7(16)8(6(3)13)12-9(14)5(2)11-10(12)15/h5,7-8,16H,4H2,1-3H3,(H,11,15)/t5-,7-,8?/m0/s1. The molecule has 16 heavy (non-hydrogen) atoms. The van der Waals surface area contributed by atoms with Crippen molar-refractivity contribution in [3.05, 3.63) is 0 Å². The Morgan fingerprint density at radius 2 is 2.12 bits per heavy atom. The molecule has 1 aliphatic rings. The van der Waals surface area contributed by atoms with Crippen LogP contribution in [-0.2, 0) is 9.59 Å². The highest BCUT2D eigenvalue weighted by atomic mass is 32.1. The number of Topliss-reactive ketones (excluding diaryl/α,β-unsaturated/α-hetero) is 1. The van der Waals surface area contributed by atoms with Gasteiger partial charge in [0, 0.05) is 5.25 Å². The van der Waals surface area contributed by atoms with Gasteiger partial charge in [0.15, 0.2) is 5.78 Å². The van der Waals surface area contributed by atoms with Crippen LogP contribution in [0.25, 0.3) is 0 Å². The first-order valence-electron chi connectivity index (χ1n) is 5.22. The van der Waals surface area contributed by atoms with Crippen molar-refractivity contribution in [2.75, 3.05) is 0 Å². The monoisotopic (exact) mass is 244 g/mol. The molecule has 1 N–H and O–H groups in total. The molecular weight excluding hydrogens is 228 g/mol. The van der Waals surface area contributed by atoms with Crippen molar-refractivity contribution >= 4 is 30.4 Å². The fourth-order valence-electron chi connectivity index (χ4n) is 1.74. The molecule has 0 aliphatic carbocycles. The summed E-state index contributed by atoms with van der Waals surface area (Å²) in [6.07, 6.45) is 0.610. The number of imide groups is 1. The second-order valence-electron chi connectivity index (χ2n) is 3.91. The number of amides is 3. The molecule has 1 unspecified atom stereocenters. The maximum atomic E-state index is 11.7. The lowest BCUT2D eigenvalue weighted by molar-refractivity contribution is -0.134. The van der Waals surface area contributed by atoms with Gasteiger partial charge < -0.3 is 5.32 Å². The zero-order valence-electron chi connectivity index (χ0n) is 9.56. The van der Waals surface area contributed by atoms with Crippen molar-refractivity contribution in [1.82, 2.24) is 10.2 Å². The van der Waals surface area contributed by atoms with Crippen LogP contribution < -0.4 is 5.32 Å². The van der Waals surface area contributed by atoms with E-state index in [9.17, 15) is 14.4 Å². The van der Waals surface area contributed by atoms with E-state index in [-0.39, 0.29) is 16.9 Å². The van der Waals surface area contributed by atoms with Gasteiger partial charge in [-0.3, -0.25) is 14.5 Å². The van der Waals surface area contributed by atoms with E-state index in [0.29, 0.717) is 6.42 Å². The zero-order chi connectivity index (χ0) is 12.5. The third-order valence-corrected chi connectivity index (χ3v) is 3.29. The van der Waals surface area contributed by atoms with E-state index >= 15 is 0 Å². The Morgan fingerprint density at radius 3 is 2.44 bits per heavy atom. The minimum Gasteiger partial charge on any atom is -0.326 e. The van der Waals surface area contributed by atoms with Gasteiger partial charge in [0.2, 0.25) is 0 Å². The molecule has 1 fully saturated rings. The van der Waals surface area contributed by atoms with E-state index in [1.807, 2.05) is 6.92 Å². The number of hydrogen-bond donors (Lipinski definition) is 2. The Kier molecular flexibility index (Phi) is 3.96. The minimum atomic E-state index is -0.772. The van der Waals surface area contributed by atoms with Gasteiger partial charge in [-0.05, 0) is 20.3 Å². The number of carbonyl (C=O) groups excluding carboxylic acids is 3. The van der Waals surface area contributed by atoms with Gasteiger partial charge in [-0.25, -0.2) is 4.79 Å². The number of nitrogens with one attached hydrogen (secondary N) is 1. The molecule has 0 radical (unpaired) electrons. The first kappa shape index (κ1) is 13.0. The summed E-state index contributed by atoms with van der Waals surface area (Å²) >= 11 is 4.26. The Labute approximate surface area is 100.0 Å². The largest absolute Gasteiger partial charge is 0.326 e. The molecule has 0 aromatic carbocycles. The van der Waals surface area contributed by atoms with Crippen LogP contribution in [0.15, 0.2) is 0 Å². The highest BCUT2D eigenvalue weighted by molar-refractivity contribution is 7.81. The SMILES string of the molecule is CC[C@H](S)C(C(C)=O)N1C(=O)N[C@@H](C)C1=O. The lowest BCUT2D eigenvalue weighted by Gasteiger charge is -2.27. The molecule has 0 aromatic heterocycles. The topological polar surface area (TPSA) is 66.5 Å².